The summed E-state index contributed by atoms with van der Waals surface area (Å²) < 4.78 is 6.87. The number of nitrogens with zero attached hydrogens (tertiary/aromatic N) is 3. The molecule has 28 heavy (non-hydrogen) atoms. The smallest absolute Gasteiger partial charge is 0.349 e. The molecule has 0 aliphatic heterocycles. The highest BCUT2D eigenvalue weighted by Gasteiger charge is 2.14. The molecule has 0 radical (unpaired) electrons. The molecule has 0 aliphatic rings. The molecular weight excluding hydrogens is 380 g/mol. The molecule has 2 aromatic carbocycles. The number of carbonyl (C=O) groups excluding carboxylic acids is 1. The minimum Gasteiger partial charge on any atom is -0.422 e. The number of nitrogens with one attached hydrogen (secondary N) is 1. The molecular formula is C20H15ClN4O3. The number of halogens is 1. The molecule has 2 aromatic heterocycles. The van der Waals surface area contributed by atoms with Crippen LogP contribution in [0.15, 0.2) is 70.0 Å². The van der Waals surface area contributed by atoms with Gasteiger partial charge in [-0.1, -0.05) is 47.1 Å². The first-order valence-electron chi connectivity index (χ1n) is 8.53. The maximum absolute atomic E-state index is 12.5. The van der Waals surface area contributed by atoms with E-state index in [0.29, 0.717) is 28.2 Å². The molecule has 4 rings (SSSR count). The Hall–Kier alpha value is -3.45. The number of benzene rings is 2. The number of amides is 1. The zero-order valence-electron chi connectivity index (χ0n) is 14.6. The SMILES string of the molecule is O=C(NCc1cnnn1Cc1cccc(Cl)c1)c1cc2ccccc2oc1=O. The maximum Gasteiger partial charge on any atom is 0.349 e. The maximum atomic E-state index is 12.5. The van der Waals surface area contributed by atoms with Crippen LogP contribution in [0.5, 0.6) is 0 Å². The zero-order chi connectivity index (χ0) is 19.5. The van der Waals surface area contributed by atoms with Gasteiger partial charge in [0.1, 0.15) is 11.1 Å². The Morgan fingerprint density at radius 3 is 2.86 bits per heavy atom. The summed E-state index contributed by atoms with van der Waals surface area (Å²) >= 11 is 6.01. The topological polar surface area (TPSA) is 90.0 Å². The van der Waals surface area contributed by atoms with Crippen LogP contribution in [-0.2, 0) is 13.1 Å². The van der Waals surface area contributed by atoms with Crippen molar-refractivity contribution < 1.29 is 9.21 Å². The normalized spacial score (nSPS) is 10.9. The lowest BCUT2D eigenvalue weighted by Gasteiger charge is -2.08. The third-order valence-electron chi connectivity index (χ3n) is 4.24. The van der Waals surface area contributed by atoms with E-state index >= 15 is 0 Å². The van der Waals surface area contributed by atoms with Crippen LogP contribution in [0.4, 0.5) is 0 Å². The molecule has 8 heteroatoms. The summed E-state index contributed by atoms with van der Waals surface area (Å²) in [6.07, 6.45) is 1.56. The first kappa shape index (κ1) is 17.9. The summed E-state index contributed by atoms with van der Waals surface area (Å²) in [6, 6.07) is 16.0. The van der Waals surface area contributed by atoms with E-state index in [2.05, 4.69) is 15.6 Å². The number of aromatic nitrogens is 3. The zero-order valence-corrected chi connectivity index (χ0v) is 15.4. The van der Waals surface area contributed by atoms with E-state index in [1.807, 2.05) is 24.3 Å². The van der Waals surface area contributed by atoms with Gasteiger partial charge in [0.15, 0.2) is 0 Å². The third-order valence-corrected chi connectivity index (χ3v) is 4.47. The number of fused-ring (bicyclic) bond motifs is 1. The summed E-state index contributed by atoms with van der Waals surface area (Å²) in [4.78, 5) is 24.6. The van der Waals surface area contributed by atoms with Crippen molar-refractivity contribution in [1.29, 1.82) is 0 Å². The van der Waals surface area contributed by atoms with Crippen LogP contribution in [0.1, 0.15) is 21.6 Å². The molecule has 0 atom stereocenters. The van der Waals surface area contributed by atoms with Gasteiger partial charge in [-0.3, -0.25) is 4.79 Å². The van der Waals surface area contributed by atoms with Crippen molar-refractivity contribution in [2.75, 3.05) is 0 Å². The van der Waals surface area contributed by atoms with Gasteiger partial charge in [-0.2, -0.15) is 0 Å². The highest BCUT2D eigenvalue weighted by Crippen LogP contribution is 2.14. The lowest BCUT2D eigenvalue weighted by Crippen LogP contribution is -2.28. The number of rotatable bonds is 5. The monoisotopic (exact) mass is 394 g/mol. The van der Waals surface area contributed by atoms with Gasteiger partial charge in [0.05, 0.1) is 25.0 Å². The summed E-state index contributed by atoms with van der Waals surface area (Å²) in [5.41, 5.74) is 1.36. The minimum absolute atomic E-state index is 0.0486. The van der Waals surface area contributed by atoms with Gasteiger partial charge in [-0.05, 0) is 29.8 Å². The molecule has 7 nitrogen and oxygen atoms in total. The Balaban J connectivity index is 1.50. The molecule has 140 valence electrons. The third kappa shape index (κ3) is 3.79. The van der Waals surface area contributed by atoms with Crippen LogP contribution in [-0.4, -0.2) is 20.9 Å². The average molecular weight is 395 g/mol. The second kappa shape index (κ2) is 7.66. The van der Waals surface area contributed by atoms with Gasteiger partial charge in [0.25, 0.3) is 5.91 Å². The summed E-state index contributed by atoms with van der Waals surface area (Å²) in [6.45, 7) is 0.628. The van der Waals surface area contributed by atoms with Gasteiger partial charge >= 0.3 is 5.63 Å². The van der Waals surface area contributed by atoms with Gasteiger partial charge in [-0.15, -0.1) is 5.10 Å². The van der Waals surface area contributed by atoms with Crippen molar-refractivity contribution in [2.45, 2.75) is 13.1 Å². The average Bonchev–Trinajstić information content (AvgIpc) is 3.12. The van der Waals surface area contributed by atoms with Crippen molar-refractivity contribution >= 4 is 28.5 Å². The van der Waals surface area contributed by atoms with E-state index in [0.717, 1.165) is 5.56 Å². The Kier molecular flexibility index (Phi) is 4.90. The Labute approximate surface area is 164 Å². The van der Waals surface area contributed by atoms with Crippen molar-refractivity contribution in [3.63, 3.8) is 0 Å². The molecule has 0 fully saturated rings. The van der Waals surface area contributed by atoms with E-state index in [1.165, 1.54) is 6.07 Å². The van der Waals surface area contributed by atoms with Crippen molar-refractivity contribution in [2.24, 2.45) is 0 Å². The fourth-order valence-corrected chi connectivity index (χ4v) is 3.06. The van der Waals surface area contributed by atoms with E-state index in [-0.39, 0.29) is 12.1 Å². The summed E-state index contributed by atoms with van der Waals surface area (Å²) in [5.74, 6) is -0.519. The Morgan fingerprint density at radius 1 is 1.14 bits per heavy atom. The number of para-hydroxylation sites is 1. The van der Waals surface area contributed by atoms with E-state index in [9.17, 15) is 9.59 Å². The predicted molar refractivity (Wildman–Crippen MR) is 104 cm³/mol. The van der Waals surface area contributed by atoms with Gasteiger partial charge < -0.3 is 9.73 Å². The summed E-state index contributed by atoms with van der Waals surface area (Å²) in [7, 11) is 0. The first-order valence-corrected chi connectivity index (χ1v) is 8.91. The van der Waals surface area contributed by atoms with Crippen molar-refractivity contribution in [1.82, 2.24) is 20.3 Å². The number of hydrogen-bond donors (Lipinski definition) is 1. The second-order valence-electron chi connectivity index (χ2n) is 6.18. The molecule has 0 saturated heterocycles. The fourth-order valence-electron chi connectivity index (χ4n) is 2.84. The largest absolute Gasteiger partial charge is 0.422 e. The van der Waals surface area contributed by atoms with Crippen LogP contribution in [0.25, 0.3) is 11.0 Å². The van der Waals surface area contributed by atoms with Gasteiger partial charge in [0.2, 0.25) is 0 Å². The molecule has 2 heterocycles. The van der Waals surface area contributed by atoms with Crippen LogP contribution >= 0.6 is 11.6 Å². The fraction of sp³-hybridized carbons (Fsp3) is 0.100. The first-order chi connectivity index (χ1) is 13.6. The van der Waals surface area contributed by atoms with Crippen LogP contribution in [0.3, 0.4) is 0 Å². The highest BCUT2D eigenvalue weighted by atomic mass is 35.5. The van der Waals surface area contributed by atoms with Crippen LogP contribution < -0.4 is 10.9 Å². The second-order valence-corrected chi connectivity index (χ2v) is 6.62. The summed E-state index contributed by atoms with van der Waals surface area (Å²) in [5, 5.41) is 12.0. The number of hydrogen-bond acceptors (Lipinski definition) is 5. The standard InChI is InChI=1S/C20H15ClN4O3/c21-15-6-3-4-13(8-15)12-25-16(11-23-24-25)10-22-19(26)17-9-14-5-1-2-7-18(14)28-20(17)27/h1-9,11H,10,12H2,(H,22,26). The van der Waals surface area contributed by atoms with Gasteiger partial charge in [-0.25, -0.2) is 9.48 Å². The lowest BCUT2D eigenvalue weighted by atomic mass is 10.2. The highest BCUT2D eigenvalue weighted by molar-refractivity contribution is 6.30. The van der Waals surface area contributed by atoms with Crippen molar-refractivity contribution in [3.05, 3.63) is 93.1 Å². The van der Waals surface area contributed by atoms with E-state index < -0.39 is 11.5 Å². The molecule has 0 unspecified atom stereocenters. The molecule has 0 aliphatic carbocycles. The van der Waals surface area contributed by atoms with E-state index in [1.54, 1.807) is 35.1 Å². The van der Waals surface area contributed by atoms with Crippen LogP contribution in [0, 0.1) is 0 Å². The van der Waals surface area contributed by atoms with E-state index in [4.69, 9.17) is 16.0 Å². The Bertz CT molecular complexity index is 1220. The van der Waals surface area contributed by atoms with Crippen molar-refractivity contribution in [3.8, 4) is 0 Å². The van der Waals surface area contributed by atoms with Gasteiger partial charge in [0, 0.05) is 10.4 Å². The molecule has 1 amide bonds. The van der Waals surface area contributed by atoms with Crippen LogP contribution in [0.2, 0.25) is 5.02 Å². The Morgan fingerprint density at radius 2 is 2.00 bits per heavy atom. The molecule has 4 aromatic rings. The minimum atomic E-state index is -0.679. The molecule has 1 N–H and O–H groups in total. The lowest BCUT2D eigenvalue weighted by molar-refractivity contribution is 0.0946. The predicted octanol–water partition coefficient (Wildman–Crippen LogP) is 3.02. The quantitative estimate of drug-likeness (QED) is 0.525. The number of carbonyl (C=O) groups is 1. The molecule has 0 bridgehead atoms. The molecule has 0 saturated carbocycles. The molecule has 0 spiro atoms.